The van der Waals surface area contributed by atoms with Gasteiger partial charge in [0.05, 0.1) is 26.1 Å². The standard InChI is InChI=1S/C48H72N2O6/c1-5-9-11-13-15-17-19-21-23-25-35-49(41-31-27-39(28-32-41)37-43(51)55-7-3)45-46(48(54)47(45)53)50(36-26-24-22-20-18-16-14-12-10-6-2)42-33-29-40(30-34-42)38-44(52)56-8-4/h27-34H,5-26,35-38H2,1-4H3. The number of benzene rings is 2. The summed E-state index contributed by atoms with van der Waals surface area (Å²) in [5, 5.41) is 0. The van der Waals surface area contributed by atoms with Crippen LogP contribution in [0.3, 0.4) is 0 Å². The molecule has 0 aliphatic heterocycles. The molecule has 0 aliphatic rings. The lowest BCUT2D eigenvalue weighted by Gasteiger charge is -2.33. The van der Waals surface area contributed by atoms with Crippen molar-refractivity contribution in [2.75, 3.05) is 36.1 Å². The molecule has 0 saturated carbocycles. The summed E-state index contributed by atoms with van der Waals surface area (Å²) in [6.45, 7) is 9.97. The van der Waals surface area contributed by atoms with E-state index in [9.17, 15) is 19.2 Å². The van der Waals surface area contributed by atoms with E-state index in [1.165, 1.54) is 89.9 Å². The van der Waals surface area contributed by atoms with E-state index in [0.29, 0.717) is 37.7 Å². The summed E-state index contributed by atoms with van der Waals surface area (Å²) in [5.74, 6) is -0.550. The summed E-state index contributed by atoms with van der Waals surface area (Å²) in [4.78, 5) is 55.8. The van der Waals surface area contributed by atoms with Crippen LogP contribution in [0.15, 0.2) is 58.1 Å². The van der Waals surface area contributed by atoms with Crippen LogP contribution in [0.25, 0.3) is 0 Å². The molecule has 3 aromatic rings. The maximum absolute atomic E-state index is 13.7. The summed E-state index contributed by atoms with van der Waals surface area (Å²) >= 11 is 0. The Balaban J connectivity index is 1.84. The van der Waals surface area contributed by atoms with Gasteiger partial charge in [-0.1, -0.05) is 154 Å². The number of hydrogen-bond donors (Lipinski definition) is 0. The zero-order valence-electron chi connectivity index (χ0n) is 35.3. The van der Waals surface area contributed by atoms with Gasteiger partial charge in [0.15, 0.2) is 0 Å². The molecule has 8 heteroatoms. The number of nitrogens with zero attached hydrogens (tertiary/aromatic N) is 2. The lowest BCUT2D eigenvalue weighted by Crippen LogP contribution is -2.44. The predicted molar refractivity (Wildman–Crippen MR) is 233 cm³/mol. The van der Waals surface area contributed by atoms with Crippen molar-refractivity contribution in [3.05, 3.63) is 80.1 Å². The van der Waals surface area contributed by atoms with Crippen LogP contribution in [0.1, 0.15) is 167 Å². The number of carbonyl (C=O) groups excluding carboxylic acids is 2. The molecule has 0 amide bonds. The Labute approximate surface area is 338 Å². The van der Waals surface area contributed by atoms with Crippen LogP contribution in [-0.4, -0.2) is 38.2 Å². The third-order valence-electron chi connectivity index (χ3n) is 10.7. The van der Waals surface area contributed by atoms with Crippen molar-refractivity contribution >= 4 is 34.7 Å². The average molecular weight is 773 g/mol. The van der Waals surface area contributed by atoms with Gasteiger partial charge in [-0.2, -0.15) is 0 Å². The summed E-state index contributed by atoms with van der Waals surface area (Å²) < 4.78 is 10.3. The summed E-state index contributed by atoms with van der Waals surface area (Å²) in [6.07, 6.45) is 24.4. The van der Waals surface area contributed by atoms with E-state index in [-0.39, 0.29) is 24.8 Å². The Morgan fingerprint density at radius 2 is 0.714 bits per heavy atom. The fourth-order valence-corrected chi connectivity index (χ4v) is 7.47. The summed E-state index contributed by atoms with van der Waals surface area (Å²) in [5.41, 5.74) is 3.27. The van der Waals surface area contributed by atoms with Crippen molar-refractivity contribution in [2.45, 2.75) is 169 Å². The van der Waals surface area contributed by atoms with Crippen molar-refractivity contribution in [1.29, 1.82) is 0 Å². The highest BCUT2D eigenvalue weighted by Crippen LogP contribution is 2.36. The van der Waals surface area contributed by atoms with Crippen molar-refractivity contribution < 1.29 is 19.1 Å². The Morgan fingerprint density at radius 1 is 0.429 bits per heavy atom. The number of rotatable bonds is 32. The van der Waals surface area contributed by atoms with Gasteiger partial charge in [-0.25, -0.2) is 0 Å². The van der Waals surface area contributed by atoms with E-state index in [1.807, 2.05) is 58.3 Å². The molecule has 3 rings (SSSR count). The van der Waals surface area contributed by atoms with E-state index in [0.717, 1.165) is 61.0 Å². The van der Waals surface area contributed by atoms with Crippen molar-refractivity contribution in [3.63, 3.8) is 0 Å². The zero-order valence-corrected chi connectivity index (χ0v) is 35.3. The van der Waals surface area contributed by atoms with E-state index in [1.54, 1.807) is 13.8 Å². The fourth-order valence-electron chi connectivity index (χ4n) is 7.47. The highest BCUT2D eigenvalue weighted by Gasteiger charge is 2.31. The lowest BCUT2D eigenvalue weighted by atomic mass is 10.0. The van der Waals surface area contributed by atoms with Gasteiger partial charge in [0.25, 0.3) is 10.9 Å². The van der Waals surface area contributed by atoms with E-state index in [4.69, 9.17) is 9.47 Å². The van der Waals surface area contributed by atoms with Gasteiger partial charge < -0.3 is 19.3 Å². The number of anilines is 4. The van der Waals surface area contributed by atoms with Crippen LogP contribution >= 0.6 is 0 Å². The van der Waals surface area contributed by atoms with Gasteiger partial charge in [0, 0.05) is 24.5 Å². The van der Waals surface area contributed by atoms with E-state index in [2.05, 4.69) is 13.8 Å². The highest BCUT2D eigenvalue weighted by molar-refractivity contribution is 5.85. The minimum atomic E-state index is -0.463. The molecule has 0 atom stereocenters. The second kappa shape index (κ2) is 27.6. The monoisotopic (exact) mass is 773 g/mol. The molecule has 0 bridgehead atoms. The van der Waals surface area contributed by atoms with Crippen molar-refractivity contribution in [1.82, 2.24) is 0 Å². The first kappa shape index (κ1) is 46.4. The minimum absolute atomic E-state index is 0.177. The van der Waals surface area contributed by atoms with Crippen LogP contribution in [0.4, 0.5) is 22.7 Å². The molecular formula is C48H72N2O6. The van der Waals surface area contributed by atoms with Crippen LogP contribution in [0.5, 0.6) is 0 Å². The first-order chi connectivity index (χ1) is 27.3. The third-order valence-corrected chi connectivity index (χ3v) is 10.7. The molecule has 0 heterocycles. The highest BCUT2D eigenvalue weighted by atomic mass is 16.5. The second-order valence-corrected chi connectivity index (χ2v) is 15.3. The Hall–Kier alpha value is -3.94. The van der Waals surface area contributed by atoms with Crippen LogP contribution in [0, 0.1) is 0 Å². The smallest absolute Gasteiger partial charge is 0.310 e. The summed E-state index contributed by atoms with van der Waals surface area (Å²) in [6, 6.07) is 15.4. The Kier molecular flexibility index (Phi) is 22.9. The van der Waals surface area contributed by atoms with Gasteiger partial charge >= 0.3 is 11.9 Å². The largest absolute Gasteiger partial charge is 0.466 e. The summed E-state index contributed by atoms with van der Waals surface area (Å²) in [7, 11) is 0. The average Bonchev–Trinajstić information content (AvgIpc) is 3.19. The first-order valence-electron chi connectivity index (χ1n) is 22.2. The van der Waals surface area contributed by atoms with Gasteiger partial charge in [0.2, 0.25) is 0 Å². The SMILES string of the molecule is CCCCCCCCCCCCN(c1ccc(CC(=O)OCC)cc1)c1c(N(CCCCCCCCCCCC)c2ccc(CC(=O)OCC)cc2)c(=O)c1=O. The van der Waals surface area contributed by atoms with E-state index < -0.39 is 10.9 Å². The Morgan fingerprint density at radius 3 is 1.00 bits per heavy atom. The Bertz CT molecular complexity index is 1470. The molecule has 3 aromatic carbocycles. The molecule has 0 saturated heterocycles. The maximum atomic E-state index is 13.7. The molecule has 0 aromatic heterocycles. The number of unbranched alkanes of at least 4 members (excludes halogenated alkanes) is 18. The molecule has 8 nitrogen and oxygen atoms in total. The quantitative estimate of drug-likeness (QED) is 0.0352. The number of carbonyl (C=O) groups is 2. The van der Waals surface area contributed by atoms with Crippen molar-refractivity contribution in [2.24, 2.45) is 0 Å². The molecular weight excluding hydrogens is 701 g/mol. The zero-order chi connectivity index (χ0) is 40.4. The molecule has 0 unspecified atom stereocenters. The first-order valence-corrected chi connectivity index (χ1v) is 22.2. The third kappa shape index (κ3) is 16.3. The number of hydrogen-bond acceptors (Lipinski definition) is 8. The van der Waals surface area contributed by atoms with Crippen LogP contribution < -0.4 is 20.7 Å². The molecule has 0 spiro atoms. The van der Waals surface area contributed by atoms with Crippen molar-refractivity contribution in [3.8, 4) is 0 Å². The van der Waals surface area contributed by atoms with Gasteiger partial charge in [-0.3, -0.25) is 19.2 Å². The van der Waals surface area contributed by atoms with Crippen LogP contribution in [-0.2, 0) is 31.9 Å². The van der Waals surface area contributed by atoms with Gasteiger partial charge in [0.1, 0.15) is 11.4 Å². The fraction of sp³-hybridized carbons (Fsp3) is 0.625. The second-order valence-electron chi connectivity index (χ2n) is 15.3. The lowest BCUT2D eigenvalue weighted by molar-refractivity contribution is -0.143. The predicted octanol–water partition coefficient (Wildman–Crippen LogP) is 11.6. The van der Waals surface area contributed by atoms with E-state index >= 15 is 0 Å². The number of ether oxygens (including phenoxy) is 2. The minimum Gasteiger partial charge on any atom is -0.466 e. The van der Waals surface area contributed by atoms with Crippen LogP contribution in [0.2, 0.25) is 0 Å². The molecule has 310 valence electrons. The topological polar surface area (TPSA) is 93.2 Å². The van der Waals surface area contributed by atoms with Gasteiger partial charge in [-0.15, -0.1) is 0 Å². The molecule has 56 heavy (non-hydrogen) atoms. The molecule has 0 radical (unpaired) electrons. The van der Waals surface area contributed by atoms with Gasteiger partial charge in [-0.05, 0) is 62.1 Å². The molecule has 0 fully saturated rings. The normalized spacial score (nSPS) is 11.2. The maximum Gasteiger partial charge on any atom is 0.310 e. The molecule has 0 aliphatic carbocycles. The molecule has 0 N–H and O–H groups in total. The number of esters is 2.